The Labute approximate surface area is 130 Å². The zero-order valence-electron chi connectivity index (χ0n) is 10.4. The van der Waals surface area contributed by atoms with Crippen LogP contribution in [0.15, 0.2) is 18.2 Å². The van der Waals surface area contributed by atoms with E-state index >= 15 is 0 Å². The predicted molar refractivity (Wildman–Crippen MR) is 82.0 cm³/mol. The van der Waals surface area contributed by atoms with Crippen molar-refractivity contribution in [2.45, 2.75) is 19.8 Å². The molecule has 1 saturated carbocycles. The van der Waals surface area contributed by atoms with E-state index in [2.05, 4.69) is 29.5 Å². The molecule has 19 heavy (non-hydrogen) atoms. The third kappa shape index (κ3) is 2.09. The second-order valence-electron chi connectivity index (χ2n) is 5.40. The molecule has 1 aromatic carbocycles. The van der Waals surface area contributed by atoms with Crippen molar-refractivity contribution in [2.24, 2.45) is 17.8 Å². The monoisotopic (exact) mass is 389 g/mol. The highest BCUT2D eigenvalue weighted by atomic mass is 127. The Morgan fingerprint density at radius 2 is 1.79 bits per heavy atom. The lowest BCUT2D eigenvalue weighted by molar-refractivity contribution is -0.123. The van der Waals surface area contributed by atoms with Gasteiger partial charge in [0.15, 0.2) is 0 Å². The number of nitrogens with zero attached hydrogens (tertiary/aromatic N) is 1. The Hall–Kier alpha value is -0.620. The molecule has 0 N–H and O–H groups in total. The summed E-state index contributed by atoms with van der Waals surface area (Å²) in [6, 6.07) is 5.39. The Morgan fingerprint density at radius 3 is 2.32 bits per heavy atom. The average molecular weight is 390 g/mol. The number of rotatable bonds is 1. The SMILES string of the molecule is CC1CC2C(=O)N(c3ccc(I)cc3Cl)C(=O)C2C1. The summed E-state index contributed by atoms with van der Waals surface area (Å²) in [6.45, 7) is 2.10. The van der Waals surface area contributed by atoms with Crippen molar-refractivity contribution in [3.63, 3.8) is 0 Å². The summed E-state index contributed by atoms with van der Waals surface area (Å²) in [5.74, 6) is 0.0119. The van der Waals surface area contributed by atoms with Crippen LogP contribution in [-0.2, 0) is 9.59 Å². The second-order valence-corrected chi connectivity index (χ2v) is 7.05. The molecular weight excluding hydrogens is 377 g/mol. The molecule has 1 aliphatic carbocycles. The first-order valence-electron chi connectivity index (χ1n) is 6.32. The molecule has 2 fully saturated rings. The summed E-state index contributed by atoms with van der Waals surface area (Å²) >= 11 is 8.33. The van der Waals surface area contributed by atoms with Crippen molar-refractivity contribution in [2.75, 3.05) is 4.90 Å². The van der Waals surface area contributed by atoms with Crippen LogP contribution in [0.1, 0.15) is 19.8 Å². The summed E-state index contributed by atoms with van der Waals surface area (Å²) in [5.41, 5.74) is 0.527. The van der Waals surface area contributed by atoms with Gasteiger partial charge in [0.1, 0.15) is 0 Å². The van der Waals surface area contributed by atoms with Gasteiger partial charge in [-0.1, -0.05) is 18.5 Å². The van der Waals surface area contributed by atoms with Crippen LogP contribution in [-0.4, -0.2) is 11.8 Å². The molecule has 2 unspecified atom stereocenters. The number of halogens is 2. The zero-order chi connectivity index (χ0) is 13.7. The molecule has 0 radical (unpaired) electrons. The van der Waals surface area contributed by atoms with Gasteiger partial charge in [-0.25, -0.2) is 4.90 Å². The van der Waals surface area contributed by atoms with Gasteiger partial charge < -0.3 is 0 Å². The largest absolute Gasteiger partial charge is 0.274 e. The molecule has 3 rings (SSSR count). The van der Waals surface area contributed by atoms with Crippen LogP contribution in [0.5, 0.6) is 0 Å². The van der Waals surface area contributed by atoms with Gasteiger partial charge in [-0.05, 0) is 59.5 Å². The van der Waals surface area contributed by atoms with Crippen LogP contribution < -0.4 is 4.90 Å². The molecule has 1 aromatic rings. The molecule has 2 amide bonds. The van der Waals surface area contributed by atoms with Gasteiger partial charge in [0.05, 0.1) is 22.5 Å². The van der Waals surface area contributed by atoms with Crippen molar-refractivity contribution in [1.29, 1.82) is 0 Å². The van der Waals surface area contributed by atoms with Crippen molar-refractivity contribution in [3.8, 4) is 0 Å². The van der Waals surface area contributed by atoms with E-state index in [9.17, 15) is 9.59 Å². The number of imide groups is 1. The average Bonchev–Trinajstić information content (AvgIpc) is 2.82. The number of hydrogen-bond acceptors (Lipinski definition) is 2. The van der Waals surface area contributed by atoms with Gasteiger partial charge in [0, 0.05) is 3.57 Å². The van der Waals surface area contributed by atoms with E-state index in [0.29, 0.717) is 16.6 Å². The van der Waals surface area contributed by atoms with Crippen LogP contribution in [0.2, 0.25) is 5.02 Å². The normalized spacial score (nSPS) is 30.1. The number of carbonyl (C=O) groups is 2. The first-order chi connectivity index (χ1) is 8.99. The maximum atomic E-state index is 12.4. The molecule has 1 heterocycles. The van der Waals surface area contributed by atoms with Gasteiger partial charge in [0.25, 0.3) is 0 Å². The van der Waals surface area contributed by atoms with E-state index in [1.165, 1.54) is 4.90 Å². The highest BCUT2D eigenvalue weighted by Crippen LogP contribution is 2.45. The number of amides is 2. The van der Waals surface area contributed by atoms with Gasteiger partial charge in [-0.2, -0.15) is 0 Å². The van der Waals surface area contributed by atoms with E-state index in [0.717, 1.165) is 16.4 Å². The zero-order valence-corrected chi connectivity index (χ0v) is 13.3. The lowest BCUT2D eigenvalue weighted by Crippen LogP contribution is -2.32. The van der Waals surface area contributed by atoms with Crippen molar-refractivity contribution >= 4 is 51.7 Å². The fraction of sp³-hybridized carbons (Fsp3) is 0.429. The summed E-state index contributed by atoms with van der Waals surface area (Å²) in [5, 5.41) is 0.460. The molecule has 100 valence electrons. The highest BCUT2D eigenvalue weighted by Gasteiger charge is 2.52. The summed E-state index contributed by atoms with van der Waals surface area (Å²) in [7, 11) is 0. The van der Waals surface area contributed by atoms with Crippen LogP contribution >= 0.6 is 34.2 Å². The lowest BCUT2D eigenvalue weighted by Gasteiger charge is -2.18. The van der Waals surface area contributed by atoms with E-state index in [1.54, 1.807) is 12.1 Å². The van der Waals surface area contributed by atoms with E-state index in [1.807, 2.05) is 6.07 Å². The van der Waals surface area contributed by atoms with Gasteiger partial charge in [-0.3, -0.25) is 9.59 Å². The summed E-state index contributed by atoms with van der Waals surface area (Å²) in [4.78, 5) is 26.1. The Kier molecular flexibility index (Phi) is 3.33. The molecule has 0 spiro atoms. The fourth-order valence-electron chi connectivity index (χ4n) is 3.18. The predicted octanol–water partition coefficient (Wildman–Crippen LogP) is 3.48. The molecule has 5 heteroatoms. The molecule has 2 aliphatic rings. The number of fused-ring (bicyclic) bond motifs is 1. The molecule has 1 saturated heterocycles. The Balaban J connectivity index is 1.99. The number of benzene rings is 1. The first kappa shape index (κ1) is 13.4. The van der Waals surface area contributed by atoms with Gasteiger partial charge in [0.2, 0.25) is 11.8 Å². The van der Waals surface area contributed by atoms with E-state index in [-0.39, 0.29) is 23.7 Å². The molecule has 2 atom stereocenters. The van der Waals surface area contributed by atoms with Crippen LogP contribution in [0.4, 0.5) is 5.69 Å². The maximum absolute atomic E-state index is 12.4. The summed E-state index contributed by atoms with van der Waals surface area (Å²) < 4.78 is 0.985. The fourth-order valence-corrected chi connectivity index (χ4v) is 4.12. The molecule has 0 bridgehead atoms. The standard InChI is InChI=1S/C14H13ClINO2/c1-7-4-9-10(5-7)14(19)17(13(9)18)12-3-2-8(16)6-11(12)15/h2-3,6-7,9-10H,4-5H2,1H3. The number of anilines is 1. The van der Waals surface area contributed by atoms with Gasteiger partial charge >= 0.3 is 0 Å². The molecular formula is C14H13ClINO2. The van der Waals surface area contributed by atoms with Crippen LogP contribution in [0.3, 0.4) is 0 Å². The minimum absolute atomic E-state index is 0.0811. The Morgan fingerprint density at radius 1 is 1.21 bits per heavy atom. The van der Waals surface area contributed by atoms with Crippen molar-refractivity contribution in [3.05, 3.63) is 26.8 Å². The van der Waals surface area contributed by atoms with Crippen LogP contribution in [0, 0.1) is 21.3 Å². The van der Waals surface area contributed by atoms with E-state index < -0.39 is 0 Å². The molecule has 0 aromatic heterocycles. The third-order valence-electron chi connectivity index (χ3n) is 4.02. The molecule has 1 aliphatic heterocycles. The topological polar surface area (TPSA) is 37.4 Å². The second kappa shape index (κ2) is 4.74. The maximum Gasteiger partial charge on any atom is 0.237 e. The number of carbonyl (C=O) groups excluding carboxylic acids is 2. The first-order valence-corrected chi connectivity index (χ1v) is 7.77. The smallest absolute Gasteiger partial charge is 0.237 e. The lowest BCUT2D eigenvalue weighted by atomic mass is 10.00. The highest BCUT2D eigenvalue weighted by molar-refractivity contribution is 14.1. The van der Waals surface area contributed by atoms with Crippen LogP contribution in [0.25, 0.3) is 0 Å². The summed E-state index contributed by atoms with van der Waals surface area (Å²) in [6.07, 6.45) is 1.63. The number of hydrogen-bond donors (Lipinski definition) is 0. The molecule has 3 nitrogen and oxygen atoms in total. The van der Waals surface area contributed by atoms with E-state index in [4.69, 9.17) is 11.6 Å². The van der Waals surface area contributed by atoms with Crippen molar-refractivity contribution in [1.82, 2.24) is 0 Å². The van der Waals surface area contributed by atoms with Gasteiger partial charge in [-0.15, -0.1) is 0 Å². The quantitative estimate of drug-likeness (QED) is 0.545. The minimum atomic E-state index is -0.141. The minimum Gasteiger partial charge on any atom is -0.274 e. The van der Waals surface area contributed by atoms with Crippen molar-refractivity contribution < 1.29 is 9.59 Å². The Bertz CT molecular complexity index is 551. The third-order valence-corrected chi connectivity index (χ3v) is 5.00.